The van der Waals surface area contributed by atoms with Crippen LogP contribution in [-0.4, -0.2) is 25.4 Å². The van der Waals surface area contributed by atoms with Crippen LogP contribution < -0.4 is 5.56 Å². The lowest BCUT2D eigenvalue weighted by atomic mass is 10.2. The maximum absolute atomic E-state index is 11.9. The van der Waals surface area contributed by atoms with Crippen LogP contribution >= 0.6 is 0 Å². The van der Waals surface area contributed by atoms with Crippen LogP contribution in [-0.2, 0) is 0 Å². The van der Waals surface area contributed by atoms with Crippen LogP contribution in [0.2, 0.25) is 0 Å². The van der Waals surface area contributed by atoms with Gasteiger partial charge in [0.05, 0.1) is 5.52 Å². The molecule has 6 nitrogen and oxygen atoms in total. The fraction of sp³-hybridized carbons (Fsp3) is 0. The molecule has 0 saturated carbocycles. The number of aromatic carboxylic acids is 1. The second kappa shape index (κ2) is 3.63. The van der Waals surface area contributed by atoms with Crippen LogP contribution in [0.5, 0.6) is 0 Å². The molecule has 18 heavy (non-hydrogen) atoms. The lowest BCUT2D eigenvalue weighted by molar-refractivity contribution is 0.0694. The zero-order valence-corrected chi connectivity index (χ0v) is 9.07. The highest BCUT2D eigenvalue weighted by Crippen LogP contribution is 2.14. The number of rotatable bonds is 1. The Labute approximate surface area is 100 Å². The van der Waals surface area contributed by atoms with Gasteiger partial charge in [-0.2, -0.15) is 0 Å². The second-order valence-electron chi connectivity index (χ2n) is 3.74. The second-order valence-corrected chi connectivity index (χ2v) is 3.74. The van der Waals surface area contributed by atoms with Crippen molar-refractivity contribution >= 4 is 22.5 Å². The predicted molar refractivity (Wildman–Crippen MR) is 63.7 cm³/mol. The number of benzene rings is 1. The summed E-state index contributed by atoms with van der Waals surface area (Å²) in [4.78, 5) is 30.9. The lowest BCUT2D eigenvalue weighted by Gasteiger charge is -2.04. The van der Waals surface area contributed by atoms with Crippen molar-refractivity contribution in [1.82, 2.24) is 14.4 Å². The molecule has 3 aromatic rings. The molecule has 2 heterocycles. The standard InChI is InChI=1S/C12H7N3O3/c16-11-8(12(17)18)5-13-10-7-3-1-2-4-9(7)14-6-15(10)11/h1-6H,(H,17,18). The van der Waals surface area contributed by atoms with Gasteiger partial charge in [-0.15, -0.1) is 0 Å². The predicted octanol–water partition coefficient (Wildman–Crippen LogP) is 0.941. The molecule has 0 aliphatic carbocycles. The summed E-state index contributed by atoms with van der Waals surface area (Å²) in [6.07, 6.45) is 2.37. The van der Waals surface area contributed by atoms with E-state index in [0.717, 1.165) is 10.6 Å². The molecule has 0 unspecified atom stereocenters. The minimum absolute atomic E-state index is 0.371. The fourth-order valence-corrected chi connectivity index (χ4v) is 1.82. The molecule has 0 fully saturated rings. The summed E-state index contributed by atoms with van der Waals surface area (Å²) in [5.41, 5.74) is 0.0957. The van der Waals surface area contributed by atoms with Crippen LogP contribution in [0.4, 0.5) is 0 Å². The summed E-state index contributed by atoms with van der Waals surface area (Å²) in [6.45, 7) is 0. The SMILES string of the molecule is O=C(O)c1cnc2c3ccccc3ncn2c1=O. The van der Waals surface area contributed by atoms with Crippen LogP contribution in [0.1, 0.15) is 10.4 Å². The highest BCUT2D eigenvalue weighted by atomic mass is 16.4. The van der Waals surface area contributed by atoms with Crippen molar-refractivity contribution in [2.75, 3.05) is 0 Å². The normalized spacial score (nSPS) is 10.9. The maximum Gasteiger partial charge on any atom is 0.342 e. The lowest BCUT2D eigenvalue weighted by Crippen LogP contribution is -2.23. The number of carboxylic acids is 1. The quantitative estimate of drug-likeness (QED) is 0.641. The Kier molecular flexibility index (Phi) is 2.09. The first-order valence-electron chi connectivity index (χ1n) is 5.17. The number of carbonyl (C=O) groups is 1. The molecular weight excluding hydrogens is 234 g/mol. The van der Waals surface area contributed by atoms with E-state index in [1.807, 2.05) is 6.07 Å². The number of carboxylic acid groups (broad SMARTS) is 1. The topological polar surface area (TPSA) is 84.6 Å². The summed E-state index contributed by atoms with van der Waals surface area (Å²) < 4.78 is 1.14. The van der Waals surface area contributed by atoms with E-state index in [1.165, 1.54) is 6.33 Å². The number of nitrogens with zero attached hydrogens (tertiary/aromatic N) is 3. The van der Waals surface area contributed by atoms with Crippen molar-refractivity contribution < 1.29 is 9.90 Å². The van der Waals surface area contributed by atoms with Gasteiger partial charge in [0.15, 0.2) is 0 Å². The van der Waals surface area contributed by atoms with Crippen molar-refractivity contribution in [3.05, 3.63) is 52.7 Å². The molecule has 1 N–H and O–H groups in total. The summed E-state index contributed by atoms with van der Waals surface area (Å²) in [6, 6.07) is 7.22. The number of aromatic nitrogens is 3. The first-order chi connectivity index (χ1) is 8.68. The minimum Gasteiger partial charge on any atom is -0.477 e. The fourth-order valence-electron chi connectivity index (χ4n) is 1.82. The maximum atomic E-state index is 11.9. The molecule has 0 bridgehead atoms. The molecule has 3 rings (SSSR count). The number of fused-ring (bicyclic) bond motifs is 3. The van der Waals surface area contributed by atoms with Crippen molar-refractivity contribution in [1.29, 1.82) is 0 Å². The summed E-state index contributed by atoms with van der Waals surface area (Å²) >= 11 is 0. The van der Waals surface area contributed by atoms with Gasteiger partial charge in [-0.05, 0) is 12.1 Å². The Bertz CT molecular complexity index is 839. The van der Waals surface area contributed by atoms with Crippen LogP contribution in [0.15, 0.2) is 41.6 Å². The molecular formula is C12H7N3O3. The van der Waals surface area contributed by atoms with E-state index in [4.69, 9.17) is 5.11 Å². The Morgan fingerprint density at radius 3 is 2.78 bits per heavy atom. The molecule has 6 heteroatoms. The van der Waals surface area contributed by atoms with E-state index in [2.05, 4.69) is 9.97 Å². The Morgan fingerprint density at radius 1 is 1.22 bits per heavy atom. The average molecular weight is 241 g/mol. The molecule has 0 aliphatic heterocycles. The summed E-state index contributed by atoms with van der Waals surface area (Å²) in [5.74, 6) is -1.30. The molecule has 0 spiro atoms. The molecule has 88 valence electrons. The zero-order valence-electron chi connectivity index (χ0n) is 9.07. The first kappa shape index (κ1) is 10.4. The van der Waals surface area contributed by atoms with Gasteiger partial charge in [0.25, 0.3) is 5.56 Å². The van der Waals surface area contributed by atoms with Crippen molar-refractivity contribution in [2.45, 2.75) is 0 Å². The number of para-hydroxylation sites is 1. The molecule has 2 aromatic heterocycles. The third-order valence-electron chi connectivity index (χ3n) is 2.68. The minimum atomic E-state index is -1.30. The molecule has 0 aliphatic rings. The molecule has 0 saturated heterocycles. The van der Waals surface area contributed by atoms with E-state index in [-0.39, 0.29) is 5.56 Å². The third kappa shape index (κ3) is 1.36. The average Bonchev–Trinajstić information content (AvgIpc) is 2.38. The van der Waals surface area contributed by atoms with Gasteiger partial charge in [0.1, 0.15) is 17.5 Å². The van der Waals surface area contributed by atoms with Gasteiger partial charge in [-0.25, -0.2) is 19.2 Å². The van der Waals surface area contributed by atoms with Gasteiger partial charge in [-0.3, -0.25) is 4.79 Å². The molecule has 1 aromatic carbocycles. The monoisotopic (exact) mass is 241 g/mol. The molecule has 0 amide bonds. The summed E-state index contributed by atoms with van der Waals surface area (Å²) in [7, 11) is 0. The summed E-state index contributed by atoms with van der Waals surface area (Å²) in [5, 5.41) is 9.57. The Balaban J connectivity index is 2.52. The van der Waals surface area contributed by atoms with Crippen molar-refractivity contribution in [3.63, 3.8) is 0 Å². The van der Waals surface area contributed by atoms with E-state index < -0.39 is 11.5 Å². The van der Waals surface area contributed by atoms with Gasteiger partial charge in [0.2, 0.25) is 0 Å². The van der Waals surface area contributed by atoms with E-state index >= 15 is 0 Å². The van der Waals surface area contributed by atoms with E-state index in [9.17, 15) is 9.59 Å². The van der Waals surface area contributed by atoms with Crippen molar-refractivity contribution in [2.24, 2.45) is 0 Å². The number of hydrogen-bond donors (Lipinski definition) is 1. The number of hydrogen-bond acceptors (Lipinski definition) is 4. The largest absolute Gasteiger partial charge is 0.477 e. The van der Waals surface area contributed by atoms with Crippen molar-refractivity contribution in [3.8, 4) is 0 Å². The highest BCUT2D eigenvalue weighted by Gasteiger charge is 2.12. The zero-order chi connectivity index (χ0) is 12.7. The van der Waals surface area contributed by atoms with Gasteiger partial charge in [0, 0.05) is 11.6 Å². The third-order valence-corrected chi connectivity index (χ3v) is 2.68. The van der Waals surface area contributed by atoms with Gasteiger partial charge in [-0.1, -0.05) is 12.1 Å². The van der Waals surface area contributed by atoms with Crippen LogP contribution in [0.3, 0.4) is 0 Å². The van der Waals surface area contributed by atoms with Gasteiger partial charge >= 0.3 is 5.97 Å². The first-order valence-corrected chi connectivity index (χ1v) is 5.17. The smallest absolute Gasteiger partial charge is 0.342 e. The van der Waals surface area contributed by atoms with Crippen LogP contribution in [0, 0.1) is 0 Å². The highest BCUT2D eigenvalue weighted by molar-refractivity contribution is 5.92. The van der Waals surface area contributed by atoms with E-state index in [0.29, 0.717) is 16.6 Å². The molecule has 0 atom stereocenters. The Morgan fingerprint density at radius 2 is 2.00 bits per heavy atom. The van der Waals surface area contributed by atoms with E-state index in [1.54, 1.807) is 18.2 Å². The van der Waals surface area contributed by atoms with Gasteiger partial charge < -0.3 is 5.11 Å². The van der Waals surface area contributed by atoms with Crippen LogP contribution in [0.25, 0.3) is 16.6 Å². The molecule has 0 radical (unpaired) electrons. The Hall–Kier alpha value is -2.76.